The molecule has 202 valence electrons. The molecule has 0 aromatic carbocycles. The summed E-state index contributed by atoms with van der Waals surface area (Å²) in [7, 11) is 0. The minimum Gasteiger partial charge on any atom is -0.480 e. The molecule has 12 heteroatoms. The number of hydrogen-bond acceptors (Lipinski definition) is 7. The van der Waals surface area contributed by atoms with Crippen LogP contribution < -0.4 is 33.2 Å². The maximum absolute atomic E-state index is 13.1. The lowest BCUT2D eigenvalue weighted by atomic mass is 9.97. The summed E-state index contributed by atoms with van der Waals surface area (Å²) >= 11 is 0. The van der Waals surface area contributed by atoms with Crippen molar-refractivity contribution >= 4 is 29.6 Å². The Morgan fingerprint density at radius 2 is 1.43 bits per heavy atom. The van der Waals surface area contributed by atoms with Crippen LogP contribution in [0.2, 0.25) is 0 Å². The maximum Gasteiger partial charge on any atom is 0.326 e. The number of nitrogens with one attached hydrogen (secondary N) is 3. The Morgan fingerprint density at radius 1 is 0.857 bits per heavy atom. The minimum atomic E-state index is -1.15. The van der Waals surface area contributed by atoms with E-state index in [1.165, 1.54) is 0 Å². The number of amides is 4. The number of carboxylic acid groups (broad SMARTS) is 1. The number of aliphatic carboxylic acids is 1. The highest BCUT2D eigenvalue weighted by Crippen LogP contribution is 2.11. The van der Waals surface area contributed by atoms with Crippen molar-refractivity contribution in [2.45, 2.75) is 96.8 Å². The van der Waals surface area contributed by atoms with Gasteiger partial charge in [0.1, 0.15) is 18.1 Å². The zero-order valence-electron chi connectivity index (χ0n) is 21.3. The molecule has 0 fully saturated rings. The van der Waals surface area contributed by atoms with Gasteiger partial charge in [-0.3, -0.25) is 19.2 Å². The van der Waals surface area contributed by atoms with Gasteiger partial charge in [-0.05, 0) is 50.5 Å². The van der Waals surface area contributed by atoms with Crippen molar-refractivity contribution < 1.29 is 29.1 Å². The van der Waals surface area contributed by atoms with Crippen molar-refractivity contribution in [3.8, 4) is 0 Å². The van der Waals surface area contributed by atoms with E-state index >= 15 is 0 Å². The third-order valence-electron chi connectivity index (χ3n) is 5.74. The van der Waals surface area contributed by atoms with E-state index in [9.17, 15) is 29.1 Å². The van der Waals surface area contributed by atoms with Crippen molar-refractivity contribution in [2.24, 2.45) is 29.0 Å². The van der Waals surface area contributed by atoms with Gasteiger partial charge in [0.15, 0.2) is 0 Å². The second-order valence-corrected chi connectivity index (χ2v) is 9.36. The molecule has 0 saturated heterocycles. The minimum absolute atomic E-state index is 0.0189. The molecule has 0 aliphatic heterocycles. The average molecular weight is 501 g/mol. The summed E-state index contributed by atoms with van der Waals surface area (Å²) in [6.07, 6.45) is 2.20. The Balaban J connectivity index is 5.53. The van der Waals surface area contributed by atoms with Gasteiger partial charge in [-0.25, -0.2) is 4.79 Å². The second kappa shape index (κ2) is 16.8. The maximum atomic E-state index is 13.1. The van der Waals surface area contributed by atoms with Gasteiger partial charge >= 0.3 is 5.97 Å². The topological polar surface area (TPSA) is 220 Å². The fraction of sp³-hybridized carbons (Fsp3) is 0.783. The Hall–Kier alpha value is -2.73. The van der Waals surface area contributed by atoms with Crippen LogP contribution in [0.4, 0.5) is 0 Å². The Kier molecular flexibility index (Phi) is 15.5. The van der Waals surface area contributed by atoms with Crippen LogP contribution in [0.1, 0.15) is 72.6 Å². The molecule has 5 unspecified atom stereocenters. The number of carboxylic acids is 1. The summed E-state index contributed by atoms with van der Waals surface area (Å²) in [6.45, 7) is 7.69. The molecule has 0 radical (unpaired) electrons. The Bertz CT molecular complexity index is 717. The predicted octanol–water partition coefficient (Wildman–Crippen LogP) is -0.661. The lowest BCUT2D eigenvalue weighted by Crippen LogP contribution is -2.58. The van der Waals surface area contributed by atoms with E-state index in [0.717, 1.165) is 0 Å². The summed E-state index contributed by atoms with van der Waals surface area (Å²) in [4.78, 5) is 61.2. The number of unbranched alkanes of at least 4 members (excludes halogenated alkanes) is 1. The number of nitrogens with two attached hydrogens (primary N) is 3. The van der Waals surface area contributed by atoms with Gasteiger partial charge in [0.05, 0.1) is 6.04 Å². The molecular weight excluding hydrogens is 456 g/mol. The van der Waals surface area contributed by atoms with Gasteiger partial charge in [-0.2, -0.15) is 0 Å². The largest absolute Gasteiger partial charge is 0.480 e. The molecular formula is C23H44N6O6. The van der Waals surface area contributed by atoms with E-state index in [0.29, 0.717) is 25.8 Å². The predicted molar refractivity (Wildman–Crippen MR) is 132 cm³/mol. The molecule has 0 aliphatic carbocycles. The third-order valence-corrected chi connectivity index (χ3v) is 5.74. The number of primary amides is 1. The summed E-state index contributed by atoms with van der Waals surface area (Å²) in [5, 5.41) is 17.3. The molecule has 4 amide bonds. The van der Waals surface area contributed by atoms with E-state index in [-0.39, 0.29) is 37.5 Å². The number of carbonyl (C=O) groups excluding carboxylic acids is 4. The zero-order valence-corrected chi connectivity index (χ0v) is 21.3. The van der Waals surface area contributed by atoms with Crippen LogP contribution in [0.5, 0.6) is 0 Å². The number of carbonyl (C=O) groups is 5. The lowest BCUT2D eigenvalue weighted by Gasteiger charge is -2.27. The number of rotatable bonds is 18. The highest BCUT2D eigenvalue weighted by Gasteiger charge is 2.32. The molecule has 35 heavy (non-hydrogen) atoms. The third kappa shape index (κ3) is 13.1. The lowest BCUT2D eigenvalue weighted by molar-refractivity contribution is -0.144. The van der Waals surface area contributed by atoms with Crippen LogP contribution >= 0.6 is 0 Å². The molecule has 0 spiro atoms. The van der Waals surface area contributed by atoms with Crippen LogP contribution in [0.15, 0.2) is 0 Å². The highest BCUT2D eigenvalue weighted by molar-refractivity contribution is 5.94. The summed E-state index contributed by atoms with van der Waals surface area (Å²) in [5.74, 6) is -3.85. The fourth-order valence-corrected chi connectivity index (χ4v) is 3.38. The molecule has 0 aliphatic rings. The van der Waals surface area contributed by atoms with Crippen molar-refractivity contribution in [3.05, 3.63) is 0 Å². The van der Waals surface area contributed by atoms with E-state index in [1.54, 1.807) is 6.92 Å². The van der Waals surface area contributed by atoms with Crippen molar-refractivity contribution in [3.63, 3.8) is 0 Å². The first-order valence-electron chi connectivity index (χ1n) is 12.2. The van der Waals surface area contributed by atoms with Crippen molar-refractivity contribution in [2.75, 3.05) is 6.54 Å². The van der Waals surface area contributed by atoms with Gasteiger partial charge in [0.25, 0.3) is 0 Å². The van der Waals surface area contributed by atoms with Crippen LogP contribution in [0.3, 0.4) is 0 Å². The van der Waals surface area contributed by atoms with Gasteiger partial charge in [-0.15, -0.1) is 0 Å². The molecule has 12 nitrogen and oxygen atoms in total. The average Bonchev–Trinajstić information content (AvgIpc) is 2.78. The van der Waals surface area contributed by atoms with Gasteiger partial charge in [0, 0.05) is 6.42 Å². The molecule has 0 aromatic heterocycles. The first-order valence-corrected chi connectivity index (χ1v) is 12.2. The van der Waals surface area contributed by atoms with Crippen molar-refractivity contribution in [1.29, 1.82) is 0 Å². The second-order valence-electron chi connectivity index (χ2n) is 9.36. The van der Waals surface area contributed by atoms with Crippen molar-refractivity contribution in [1.82, 2.24) is 16.0 Å². The number of hydrogen-bond donors (Lipinski definition) is 7. The molecule has 0 aromatic rings. The Labute approximate surface area is 207 Å². The van der Waals surface area contributed by atoms with Gasteiger partial charge in [0.2, 0.25) is 23.6 Å². The monoisotopic (exact) mass is 500 g/mol. The van der Waals surface area contributed by atoms with E-state index in [1.807, 2.05) is 20.8 Å². The molecule has 0 heterocycles. The smallest absolute Gasteiger partial charge is 0.326 e. The highest BCUT2D eigenvalue weighted by atomic mass is 16.4. The summed E-state index contributed by atoms with van der Waals surface area (Å²) in [5.41, 5.74) is 16.5. The van der Waals surface area contributed by atoms with Crippen LogP contribution in [0, 0.1) is 11.8 Å². The molecule has 0 bridgehead atoms. The summed E-state index contributed by atoms with van der Waals surface area (Å²) < 4.78 is 0. The van der Waals surface area contributed by atoms with E-state index < -0.39 is 53.8 Å². The zero-order chi connectivity index (χ0) is 27.1. The van der Waals surface area contributed by atoms with Gasteiger partial charge < -0.3 is 38.3 Å². The first kappa shape index (κ1) is 32.3. The van der Waals surface area contributed by atoms with E-state index in [4.69, 9.17) is 17.2 Å². The summed E-state index contributed by atoms with van der Waals surface area (Å²) in [6, 6.07) is -4.11. The first-order chi connectivity index (χ1) is 16.3. The van der Waals surface area contributed by atoms with Gasteiger partial charge in [-0.1, -0.05) is 34.1 Å². The standard InChI is InChI=1S/C23H44N6O6/c1-5-14(4)19(23(34)35)29-22(33)17(12-13(2)3)28-21(32)16(8-6-7-11-24)27-20(31)15(25)9-10-18(26)30/h13-17,19H,5-12,24-25H2,1-4H3,(H2,26,30)(H,27,31)(H,28,32)(H,29,33)(H,34,35). The SMILES string of the molecule is CCC(C)C(NC(=O)C(CC(C)C)NC(=O)C(CCCCN)NC(=O)C(N)CCC(N)=O)C(=O)O. The van der Waals surface area contributed by atoms with Crippen LogP contribution in [-0.2, 0) is 24.0 Å². The molecule has 0 rings (SSSR count). The fourth-order valence-electron chi connectivity index (χ4n) is 3.38. The molecule has 0 saturated carbocycles. The van der Waals surface area contributed by atoms with Crippen LogP contribution in [0.25, 0.3) is 0 Å². The van der Waals surface area contributed by atoms with Crippen LogP contribution in [-0.4, -0.2) is 65.4 Å². The quantitative estimate of drug-likeness (QED) is 0.119. The normalized spacial score (nSPS) is 15.4. The molecule has 5 atom stereocenters. The Morgan fingerprint density at radius 3 is 1.91 bits per heavy atom. The van der Waals surface area contributed by atoms with E-state index in [2.05, 4.69) is 16.0 Å². The molecule has 10 N–H and O–H groups in total.